The summed E-state index contributed by atoms with van der Waals surface area (Å²) in [6.45, 7) is 9.49. The second-order valence-electron chi connectivity index (χ2n) is 5.90. The summed E-state index contributed by atoms with van der Waals surface area (Å²) in [4.78, 5) is 14.6. The molecule has 0 unspecified atom stereocenters. The molecule has 0 spiro atoms. The Bertz CT molecular complexity index is 679. The van der Waals surface area contributed by atoms with E-state index in [9.17, 15) is 0 Å². The van der Waals surface area contributed by atoms with Crippen LogP contribution in [-0.4, -0.2) is 21.6 Å². The van der Waals surface area contributed by atoms with Gasteiger partial charge in [0, 0.05) is 4.88 Å². The molecule has 22 heavy (non-hydrogen) atoms. The van der Waals surface area contributed by atoms with Crippen molar-refractivity contribution in [2.24, 2.45) is 5.92 Å². The summed E-state index contributed by atoms with van der Waals surface area (Å²) in [6, 6.07) is 0. The molecule has 0 amide bonds. The lowest BCUT2D eigenvalue weighted by atomic mass is 10.3. The van der Waals surface area contributed by atoms with Crippen LogP contribution in [-0.2, 0) is 6.54 Å². The molecule has 0 saturated heterocycles. The van der Waals surface area contributed by atoms with Gasteiger partial charge in [-0.3, -0.25) is 0 Å². The van der Waals surface area contributed by atoms with E-state index in [1.807, 2.05) is 27.7 Å². The van der Waals surface area contributed by atoms with E-state index >= 15 is 0 Å². The van der Waals surface area contributed by atoms with Gasteiger partial charge < -0.3 is 10.1 Å². The lowest BCUT2D eigenvalue weighted by molar-refractivity contribution is 0.285. The van der Waals surface area contributed by atoms with Gasteiger partial charge in [0.15, 0.2) is 0 Å². The quantitative estimate of drug-likeness (QED) is 0.882. The van der Waals surface area contributed by atoms with Crippen molar-refractivity contribution in [3.63, 3.8) is 0 Å². The zero-order valence-electron chi connectivity index (χ0n) is 13.6. The molecule has 2 aromatic heterocycles. The highest BCUT2D eigenvalue weighted by molar-refractivity contribution is 7.11. The Morgan fingerprint density at radius 1 is 1.14 bits per heavy atom. The molecule has 0 aliphatic heterocycles. The van der Waals surface area contributed by atoms with Crippen LogP contribution in [0.25, 0.3) is 0 Å². The molecule has 0 aromatic carbocycles. The Morgan fingerprint density at radius 2 is 1.91 bits per heavy atom. The molecule has 0 bridgehead atoms. The monoisotopic (exact) mass is 318 g/mol. The molecule has 3 rings (SSSR count). The van der Waals surface area contributed by atoms with Gasteiger partial charge in [-0.05, 0) is 46.5 Å². The van der Waals surface area contributed by atoms with Crippen molar-refractivity contribution in [2.45, 2.75) is 47.1 Å². The van der Waals surface area contributed by atoms with Gasteiger partial charge in [0.25, 0.3) is 0 Å². The molecule has 1 fully saturated rings. The van der Waals surface area contributed by atoms with E-state index in [0.717, 1.165) is 41.1 Å². The SMILES string of the molecule is Cc1nc(NCc2sc(C)nc2C)c(C)c(OCC2CC2)n1. The van der Waals surface area contributed by atoms with Crippen molar-refractivity contribution < 1.29 is 4.74 Å². The van der Waals surface area contributed by atoms with Crippen molar-refractivity contribution in [1.82, 2.24) is 15.0 Å². The van der Waals surface area contributed by atoms with Crippen LogP contribution in [0.15, 0.2) is 0 Å². The topological polar surface area (TPSA) is 59.9 Å². The number of anilines is 1. The molecule has 1 saturated carbocycles. The summed E-state index contributed by atoms with van der Waals surface area (Å²) >= 11 is 1.72. The molecular formula is C16H22N4OS. The average Bonchev–Trinajstić information content (AvgIpc) is 3.23. The minimum Gasteiger partial charge on any atom is -0.477 e. The second-order valence-corrected chi connectivity index (χ2v) is 7.19. The third-order valence-corrected chi connectivity index (χ3v) is 4.85. The van der Waals surface area contributed by atoms with Gasteiger partial charge in [0.05, 0.1) is 29.4 Å². The maximum Gasteiger partial charge on any atom is 0.221 e. The van der Waals surface area contributed by atoms with Gasteiger partial charge in [-0.2, -0.15) is 4.98 Å². The molecule has 6 heteroatoms. The van der Waals surface area contributed by atoms with Crippen LogP contribution in [0.3, 0.4) is 0 Å². The molecule has 5 nitrogen and oxygen atoms in total. The minimum atomic E-state index is 0.708. The third kappa shape index (κ3) is 3.55. The Balaban J connectivity index is 1.72. The molecule has 0 atom stereocenters. The molecule has 2 aromatic rings. The number of hydrogen-bond acceptors (Lipinski definition) is 6. The first-order valence-electron chi connectivity index (χ1n) is 7.67. The summed E-state index contributed by atoms with van der Waals surface area (Å²) in [7, 11) is 0. The molecule has 118 valence electrons. The van der Waals surface area contributed by atoms with Crippen molar-refractivity contribution in [1.29, 1.82) is 0 Å². The summed E-state index contributed by atoms with van der Waals surface area (Å²) < 4.78 is 5.86. The van der Waals surface area contributed by atoms with Crippen LogP contribution in [0, 0.1) is 33.6 Å². The van der Waals surface area contributed by atoms with Crippen LogP contribution >= 0.6 is 11.3 Å². The zero-order chi connectivity index (χ0) is 15.7. The van der Waals surface area contributed by atoms with Gasteiger partial charge in [-0.1, -0.05) is 0 Å². The fourth-order valence-corrected chi connectivity index (χ4v) is 3.18. The largest absolute Gasteiger partial charge is 0.477 e. The fourth-order valence-electron chi connectivity index (χ4n) is 2.30. The highest BCUT2D eigenvalue weighted by Crippen LogP contribution is 2.31. The minimum absolute atomic E-state index is 0.708. The van der Waals surface area contributed by atoms with Gasteiger partial charge in [0.2, 0.25) is 5.88 Å². The van der Waals surface area contributed by atoms with E-state index in [1.54, 1.807) is 11.3 Å². The number of ether oxygens (including phenoxy) is 1. The second kappa shape index (κ2) is 6.20. The molecular weight excluding hydrogens is 296 g/mol. The predicted molar refractivity (Wildman–Crippen MR) is 88.6 cm³/mol. The first-order chi connectivity index (χ1) is 10.5. The standard InChI is InChI=1S/C16H22N4OS/c1-9-15(17-7-14-10(2)18-12(4)22-14)19-11(3)20-16(9)21-8-13-5-6-13/h13H,5-8H2,1-4H3,(H,17,19,20). The van der Waals surface area contributed by atoms with Crippen molar-refractivity contribution in [3.8, 4) is 5.88 Å². The summed E-state index contributed by atoms with van der Waals surface area (Å²) in [6.07, 6.45) is 2.55. The molecule has 1 aliphatic carbocycles. The van der Waals surface area contributed by atoms with E-state index in [4.69, 9.17) is 4.74 Å². The smallest absolute Gasteiger partial charge is 0.221 e. The van der Waals surface area contributed by atoms with E-state index in [1.165, 1.54) is 17.7 Å². The number of nitrogens with zero attached hydrogens (tertiary/aromatic N) is 3. The number of aryl methyl sites for hydroxylation is 3. The van der Waals surface area contributed by atoms with Crippen LogP contribution in [0.4, 0.5) is 5.82 Å². The highest BCUT2D eigenvalue weighted by Gasteiger charge is 2.23. The fraction of sp³-hybridized carbons (Fsp3) is 0.562. The number of aromatic nitrogens is 3. The van der Waals surface area contributed by atoms with Crippen LogP contribution in [0.2, 0.25) is 0 Å². The van der Waals surface area contributed by atoms with E-state index in [-0.39, 0.29) is 0 Å². The maximum absolute atomic E-state index is 5.86. The third-order valence-electron chi connectivity index (χ3n) is 3.78. The Hall–Kier alpha value is -1.69. The van der Waals surface area contributed by atoms with Crippen molar-refractivity contribution >= 4 is 17.2 Å². The van der Waals surface area contributed by atoms with Crippen molar-refractivity contribution in [2.75, 3.05) is 11.9 Å². The van der Waals surface area contributed by atoms with Gasteiger partial charge >= 0.3 is 0 Å². The van der Waals surface area contributed by atoms with Crippen LogP contribution < -0.4 is 10.1 Å². The molecule has 2 heterocycles. The molecule has 1 aliphatic rings. The normalized spacial score (nSPS) is 14.2. The number of nitrogens with one attached hydrogen (secondary N) is 1. The highest BCUT2D eigenvalue weighted by atomic mass is 32.1. The van der Waals surface area contributed by atoms with E-state index in [2.05, 4.69) is 20.3 Å². The van der Waals surface area contributed by atoms with Gasteiger partial charge in [0.1, 0.15) is 11.6 Å². The van der Waals surface area contributed by atoms with Gasteiger partial charge in [-0.15, -0.1) is 11.3 Å². The Kier molecular flexibility index (Phi) is 4.29. The lowest BCUT2D eigenvalue weighted by Crippen LogP contribution is -2.09. The Morgan fingerprint density at radius 3 is 2.55 bits per heavy atom. The van der Waals surface area contributed by atoms with Gasteiger partial charge in [-0.25, -0.2) is 9.97 Å². The molecule has 1 N–H and O–H groups in total. The predicted octanol–water partition coefficient (Wildman–Crippen LogP) is 3.57. The molecule has 0 radical (unpaired) electrons. The maximum atomic E-state index is 5.86. The summed E-state index contributed by atoms with van der Waals surface area (Å²) in [5, 5.41) is 4.50. The number of rotatable bonds is 6. The first kappa shape index (κ1) is 15.2. The summed E-state index contributed by atoms with van der Waals surface area (Å²) in [5.74, 6) is 3.01. The first-order valence-corrected chi connectivity index (χ1v) is 8.49. The number of thiazole rings is 1. The number of hydrogen-bond donors (Lipinski definition) is 1. The van der Waals surface area contributed by atoms with Crippen molar-refractivity contribution in [3.05, 3.63) is 27.0 Å². The van der Waals surface area contributed by atoms with Crippen LogP contribution in [0.5, 0.6) is 5.88 Å². The Labute approximate surface area is 135 Å². The summed E-state index contributed by atoms with van der Waals surface area (Å²) in [5.41, 5.74) is 2.06. The van der Waals surface area contributed by atoms with E-state index in [0.29, 0.717) is 11.8 Å². The lowest BCUT2D eigenvalue weighted by Gasteiger charge is -2.13. The average molecular weight is 318 g/mol. The van der Waals surface area contributed by atoms with Crippen LogP contribution in [0.1, 0.15) is 39.8 Å². The van der Waals surface area contributed by atoms with E-state index < -0.39 is 0 Å². The zero-order valence-corrected chi connectivity index (χ0v) is 14.4.